The van der Waals surface area contributed by atoms with Gasteiger partial charge < -0.3 is 0 Å². The highest BCUT2D eigenvalue weighted by molar-refractivity contribution is 5.77. The van der Waals surface area contributed by atoms with Gasteiger partial charge in [0.05, 0.1) is 22.8 Å². The van der Waals surface area contributed by atoms with Crippen molar-refractivity contribution in [2.24, 2.45) is 0 Å². The van der Waals surface area contributed by atoms with Gasteiger partial charge in [0.25, 0.3) is 0 Å². The topological polar surface area (TPSA) is 77.3 Å². The molecule has 0 unspecified atom stereocenters. The molecule has 6 nitrogen and oxygen atoms in total. The standard InChI is InChI=1S/C48H32N6/c1-4-13-33(14-5-1)41-30-44(42-21-10-11-28-49-42)51-45(31-41)43-27-26-40(32-50-43)39-20-12-19-38(29-39)34-22-24-37(25-23-34)48-53-46(35-15-6-2-7-16-35)52-47(54-48)36-17-8-3-9-18-36/h1-32H. The van der Waals surface area contributed by atoms with E-state index in [4.69, 9.17) is 24.9 Å². The van der Waals surface area contributed by atoms with Crippen molar-refractivity contribution in [3.8, 4) is 90.3 Å². The van der Waals surface area contributed by atoms with Crippen molar-refractivity contribution in [3.05, 3.63) is 194 Å². The van der Waals surface area contributed by atoms with Crippen LogP contribution in [0, 0.1) is 0 Å². The molecule has 0 aliphatic heterocycles. The molecule has 0 atom stereocenters. The Morgan fingerprint density at radius 1 is 0.241 bits per heavy atom. The number of hydrogen-bond acceptors (Lipinski definition) is 6. The van der Waals surface area contributed by atoms with E-state index in [9.17, 15) is 0 Å². The molecule has 4 heterocycles. The Bertz CT molecular complexity index is 2370. The first-order valence-electron chi connectivity index (χ1n) is 17.8. The molecule has 254 valence electrons. The van der Waals surface area contributed by atoms with Gasteiger partial charge >= 0.3 is 0 Å². The van der Waals surface area contributed by atoms with Crippen LogP contribution in [0.1, 0.15) is 0 Å². The summed E-state index contributed by atoms with van der Waals surface area (Å²) in [4.78, 5) is 29.1. The van der Waals surface area contributed by atoms with E-state index in [1.165, 1.54) is 0 Å². The van der Waals surface area contributed by atoms with Gasteiger partial charge in [-0.05, 0) is 64.2 Å². The number of pyridine rings is 3. The molecule has 0 saturated heterocycles. The van der Waals surface area contributed by atoms with Crippen LogP contribution in [0.25, 0.3) is 90.3 Å². The molecule has 0 amide bonds. The molecule has 0 fully saturated rings. The zero-order valence-corrected chi connectivity index (χ0v) is 29.2. The van der Waals surface area contributed by atoms with Crippen LogP contribution >= 0.6 is 0 Å². The first-order valence-corrected chi connectivity index (χ1v) is 17.8. The zero-order chi connectivity index (χ0) is 36.1. The Kier molecular flexibility index (Phi) is 8.81. The Labute approximate surface area is 313 Å². The first kappa shape index (κ1) is 32.5. The van der Waals surface area contributed by atoms with Crippen LogP contribution in [0.15, 0.2) is 194 Å². The highest BCUT2D eigenvalue weighted by Crippen LogP contribution is 2.32. The smallest absolute Gasteiger partial charge is 0.164 e. The maximum Gasteiger partial charge on any atom is 0.164 e. The average molecular weight is 693 g/mol. The molecule has 0 spiro atoms. The Morgan fingerprint density at radius 2 is 0.685 bits per heavy atom. The van der Waals surface area contributed by atoms with E-state index in [2.05, 4.69) is 83.8 Å². The first-order chi connectivity index (χ1) is 26.7. The van der Waals surface area contributed by atoms with Crippen molar-refractivity contribution in [3.63, 3.8) is 0 Å². The van der Waals surface area contributed by atoms with E-state index < -0.39 is 0 Å². The largest absolute Gasteiger partial charge is 0.255 e. The average Bonchev–Trinajstić information content (AvgIpc) is 3.27. The minimum Gasteiger partial charge on any atom is -0.255 e. The highest BCUT2D eigenvalue weighted by atomic mass is 15.0. The van der Waals surface area contributed by atoms with E-state index in [1.54, 1.807) is 6.20 Å². The van der Waals surface area contributed by atoms with Gasteiger partial charge in [0.2, 0.25) is 0 Å². The monoisotopic (exact) mass is 692 g/mol. The van der Waals surface area contributed by atoms with Crippen molar-refractivity contribution in [1.82, 2.24) is 29.9 Å². The van der Waals surface area contributed by atoms with Crippen molar-refractivity contribution < 1.29 is 0 Å². The molecule has 5 aromatic carbocycles. The predicted molar refractivity (Wildman–Crippen MR) is 217 cm³/mol. The summed E-state index contributed by atoms with van der Waals surface area (Å²) in [5.74, 6) is 1.92. The summed E-state index contributed by atoms with van der Waals surface area (Å²) < 4.78 is 0. The van der Waals surface area contributed by atoms with Crippen LogP contribution in [0.3, 0.4) is 0 Å². The summed E-state index contributed by atoms with van der Waals surface area (Å²) >= 11 is 0. The second kappa shape index (κ2) is 14.7. The van der Waals surface area contributed by atoms with Crippen molar-refractivity contribution in [2.45, 2.75) is 0 Å². The number of rotatable bonds is 8. The minimum absolute atomic E-state index is 0.630. The quantitative estimate of drug-likeness (QED) is 0.158. The molecule has 4 aromatic heterocycles. The third kappa shape index (κ3) is 6.92. The fourth-order valence-electron chi connectivity index (χ4n) is 6.45. The highest BCUT2D eigenvalue weighted by Gasteiger charge is 2.14. The molecule has 9 aromatic rings. The minimum atomic E-state index is 0.630. The van der Waals surface area contributed by atoms with E-state index >= 15 is 0 Å². The Hall–Kier alpha value is -7.44. The Morgan fingerprint density at radius 3 is 1.22 bits per heavy atom. The zero-order valence-electron chi connectivity index (χ0n) is 29.2. The van der Waals surface area contributed by atoms with E-state index in [1.807, 2.05) is 109 Å². The third-order valence-electron chi connectivity index (χ3n) is 9.26. The third-order valence-corrected chi connectivity index (χ3v) is 9.26. The molecule has 0 saturated carbocycles. The van der Waals surface area contributed by atoms with Gasteiger partial charge in [0.15, 0.2) is 17.5 Å². The molecule has 9 rings (SSSR count). The molecule has 0 N–H and O–H groups in total. The second-order valence-electron chi connectivity index (χ2n) is 12.8. The summed E-state index contributed by atoms with van der Waals surface area (Å²) in [5, 5.41) is 0. The summed E-state index contributed by atoms with van der Waals surface area (Å²) in [5.41, 5.74) is 12.5. The molecule has 0 radical (unpaired) electrons. The fraction of sp³-hybridized carbons (Fsp3) is 0. The predicted octanol–water partition coefficient (Wildman–Crippen LogP) is 11.4. The van der Waals surface area contributed by atoms with Gasteiger partial charge in [-0.15, -0.1) is 0 Å². The molecule has 0 aliphatic rings. The van der Waals surface area contributed by atoms with Gasteiger partial charge in [-0.1, -0.05) is 146 Å². The van der Waals surface area contributed by atoms with Gasteiger partial charge in [-0.2, -0.15) is 0 Å². The SMILES string of the molecule is c1ccc(-c2cc(-c3ccccn3)nc(-c3ccc(-c4cccc(-c5ccc(-c6nc(-c7ccccc7)nc(-c7ccccc7)n6)cc5)c4)cn3)c2)cc1. The van der Waals surface area contributed by atoms with Crippen LogP contribution in [-0.4, -0.2) is 29.9 Å². The van der Waals surface area contributed by atoms with Crippen molar-refractivity contribution >= 4 is 0 Å². The van der Waals surface area contributed by atoms with Crippen LogP contribution in [-0.2, 0) is 0 Å². The second-order valence-corrected chi connectivity index (χ2v) is 12.8. The lowest BCUT2D eigenvalue weighted by Gasteiger charge is -2.11. The molecular formula is C48H32N6. The maximum atomic E-state index is 4.99. The van der Waals surface area contributed by atoms with Crippen molar-refractivity contribution in [2.75, 3.05) is 0 Å². The van der Waals surface area contributed by atoms with Gasteiger partial charge in [-0.25, -0.2) is 19.9 Å². The maximum absolute atomic E-state index is 4.99. The fourth-order valence-corrected chi connectivity index (χ4v) is 6.45. The van der Waals surface area contributed by atoms with E-state index in [-0.39, 0.29) is 0 Å². The van der Waals surface area contributed by atoms with Crippen LogP contribution in [0.4, 0.5) is 0 Å². The van der Waals surface area contributed by atoms with E-state index in [0.29, 0.717) is 17.5 Å². The summed E-state index contributed by atoms with van der Waals surface area (Å²) in [6.45, 7) is 0. The lowest BCUT2D eigenvalue weighted by Crippen LogP contribution is -2.00. The summed E-state index contributed by atoms with van der Waals surface area (Å²) in [6.07, 6.45) is 3.71. The molecule has 0 aliphatic carbocycles. The van der Waals surface area contributed by atoms with Gasteiger partial charge in [0.1, 0.15) is 0 Å². The van der Waals surface area contributed by atoms with E-state index in [0.717, 1.165) is 72.8 Å². The van der Waals surface area contributed by atoms with Crippen LogP contribution in [0.2, 0.25) is 0 Å². The summed E-state index contributed by atoms with van der Waals surface area (Å²) in [7, 11) is 0. The molecule has 54 heavy (non-hydrogen) atoms. The molecule has 6 heteroatoms. The molecular weight excluding hydrogens is 661 g/mol. The number of nitrogens with zero attached hydrogens (tertiary/aromatic N) is 6. The number of hydrogen-bond donors (Lipinski definition) is 0. The van der Waals surface area contributed by atoms with Gasteiger partial charge in [-0.3, -0.25) is 9.97 Å². The number of benzene rings is 5. The van der Waals surface area contributed by atoms with Gasteiger partial charge in [0, 0.05) is 34.6 Å². The number of aromatic nitrogens is 6. The lowest BCUT2D eigenvalue weighted by atomic mass is 9.98. The normalized spacial score (nSPS) is 11.0. The van der Waals surface area contributed by atoms with Crippen LogP contribution in [0.5, 0.6) is 0 Å². The van der Waals surface area contributed by atoms with Crippen LogP contribution < -0.4 is 0 Å². The molecule has 0 bridgehead atoms. The summed E-state index contributed by atoms with van der Waals surface area (Å²) in [6, 6.07) is 61.5. The Balaban J connectivity index is 1.00. The van der Waals surface area contributed by atoms with Crippen molar-refractivity contribution in [1.29, 1.82) is 0 Å². The lowest BCUT2D eigenvalue weighted by molar-refractivity contribution is 1.07.